The minimum atomic E-state index is -0.444. The lowest BCUT2D eigenvalue weighted by atomic mass is 10.1. The van der Waals surface area contributed by atoms with E-state index in [1.807, 2.05) is 6.92 Å². The summed E-state index contributed by atoms with van der Waals surface area (Å²) in [5, 5.41) is 11.0. The monoisotopic (exact) mass is 386 g/mol. The van der Waals surface area contributed by atoms with Gasteiger partial charge in [0.25, 0.3) is 11.6 Å². The zero-order valence-electron chi connectivity index (χ0n) is 16.7. The molecule has 7 heteroatoms. The quantitative estimate of drug-likeness (QED) is 0.357. The van der Waals surface area contributed by atoms with Gasteiger partial charge in [-0.3, -0.25) is 14.9 Å². The molecule has 7 nitrogen and oxygen atoms in total. The van der Waals surface area contributed by atoms with E-state index in [1.54, 1.807) is 42.3 Å². The van der Waals surface area contributed by atoms with Crippen LogP contribution in [0.4, 0.5) is 5.69 Å². The lowest BCUT2D eigenvalue weighted by Crippen LogP contribution is -2.29. The Morgan fingerprint density at radius 3 is 2.61 bits per heavy atom. The maximum atomic E-state index is 12.9. The Kier molecular flexibility index (Phi) is 7.37. The first-order chi connectivity index (χ1) is 13.4. The van der Waals surface area contributed by atoms with Crippen LogP contribution in [0.5, 0.6) is 11.5 Å². The number of carbonyl (C=O) groups excluding carboxylic acids is 1. The lowest BCUT2D eigenvalue weighted by Gasteiger charge is -2.25. The van der Waals surface area contributed by atoms with Crippen LogP contribution >= 0.6 is 0 Å². The highest BCUT2D eigenvalue weighted by Gasteiger charge is 2.21. The molecule has 0 saturated heterocycles. The second kappa shape index (κ2) is 9.73. The highest BCUT2D eigenvalue weighted by Crippen LogP contribution is 2.30. The Morgan fingerprint density at radius 1 is 1.21 bits per heavy atom. The Bertz CT molecular complexity index is 837. The van der Waals surface area contributed by atoms with E-state index in [1.165, 1.54) is 19.2 Å². The number of methoxy groups -OCH3 is 1. The summed E-state index contributed by atoms with van der Waals surface area (Å²) >= 11 is 0. The third-order valence-electron chi connectivity index (χ3n) is 4.63. The van der Waals surface area contributed by atoms with Crippen molar-refractivity contribution in [3.63, 3.8) is 0 Å². The van der Waals surface area contributed by atoms with Gasteiger partial charge in [-0.25, -0.2) is 0 Å². The van der Waals surface area contributed by atoms with Crippen molar-refractivity contribution in [1.29, 1.82) is 0 Å². The van der Waals surface area contributed by atoms with Crippen LogP contribution < -0.4 is 9.47 Å². The van der Waals surface area contributed by atoms with Gasteiger partial charge >= 0.3 is 0 Å². The van der Waals surface area contributed by atoms with E-state index in [4.69, 9.17) is 9.47 Å². The van der Waals surface area contributed by atoms with E-state index in [0.717, 1.165) is 12.8 Å². The van der Waals surface area contributed by atoms with Gasteiger partial charge in [0, 0.05) is 24.7 Å². The summed E-state index contributed by atoms with van der Waals surface area (Å²) in [5.74, 6) is 0.887. The molecular weight excluding hydrogens is 360 g/mol. The number of nitrogens with zero attached hydrogens (tertiary/aromatic N) is 2. The predicted molar refractivity (Wildman–Crippen MR) is 107 cm³/mol. The molecular formula is C21H26N2O5. The lowest BCUT2D eigenvalue weighted by molar-refractivity contribution is -0.384. The normalized spacial score (nSPS) is 11.6. The number of nitro benzene ring substituents is 1. The number of ether oxygens (including phenoxy) is 2. The zero-order chi connectivity index (χ0) is 20.7. The molecule has 0 fully saturated rings. The van der Waals surface area contributed by atoms with Gasteiger partial charge in [-0.05, 0) is 37.1 Å². The van der Waals surface area contributed by atoms with Crippen LogP contribution in [-0.2, 0) is 0 Å². The number of nitro groups is 1. The number of non-ortho nitro benzene ring substituents is 1. The van der Waals surface area contributed by atoms with Crippen molar-refractivity contribution in [2.75, 3.05) is 20.8 Å². The van der Waals surface area contributed by atoms with Gasteiger partial charge in [0.15, 0.2) is 11.5 Å². The van der Waals surface area contributed by atoms with Gasteiger partial charge in [-0.1, -0.05) is 25.5 Å². The molecule has 0 bridgehead atoms. The first-order valence-corrected chi connectivity index (χ1v) is 9.21. The number of hydrogen-bond donors (Lipinski definition) is 0. The van der Waals surface area contributed by atoms with Gasteiger partial charge in [-0.2, -0.15) is 0 Å². The molecule has 2 aromatic carbocycles. The topological polar surface area (TPSA) is 81.9 Å². The standard InChI is InChI=1S/C21H26N2O5/c1-5-6-12-28-19-11-10-17(14-20(19)27-4)21(24)22(3)15(2)16-8-7-9-18(13-16)23(25)26/h7-11,13-15H,5-6,12H2,1-4H3/t15-/m0/s1. The van der Waals surface area contributed by atoms with Gasteiger partial charge in [0.1, 0.15) is 0 Å². The average molecular weight is 386 g/mol. The Labute approximate surface area is 165 Å². The maximum Gasteiger partial charge on any atom is 0.269 e. The van der Waals surface area contributed by atoms with E-state index in [9.17, 15) is 14.9 Å². The van der Waals surface area contributed by atoms with Crippen LogP contribution in [0.2, 0.25) is 0 Å². The molecule has 0 unspecified atom stereocenters. The zero-order valence-corrected chi connectivity index (χ0v) is 16.7. The fourth-order valence-electron chi connectivity index (χ4n) is 2.75. The van der Waals surface area contributed by atoms with E-state index in [-0.39, 0.29) is 17.6 Å². The number of carbonyl (C=O) groups is 1. The predicted octanol–water partition coefficient (Wildman–Crippen LogP) is 4.62. The number of hydrogen-bond acceptors (Lipinski definition) is 5. The molecule has 0 spiro atoms. The van der Waals surface area contributed by atoms with Crippen molar-refractivity contribution in [2.45, 2.75) is 32.7 Å². The van der Waals surface area contributed by atoms with Gasteiger partial charge in [0.05, 0.1) is 24.7 Å². The third kappa shape index (κ3) is 5.00. The van der Waals surface area contributed by atoms with Crippen LogP contribution in [0.15, 0.2) is 42.5 Å². The molecule has 2 rings (SSSR count). The van der Waals surface area contributed by atoms with Crippen molar-refractivity contribution in [2.24, 2.45) is 0 Å². The number of unbranched alkanes of at least 4 members (excludes halogenated alkanes) is 1. The van der Waals surface area contributed by atoms with Crippen molar-refractivity contribution in [3.8, 4) is 11.5 Å². The third-order valence-corrected chi connectivity index (χ3v) is 4.63. The smallest absolute Gasteiger partial charge is 0.269 e. The van der Waals surface area contributed by atoms with E-state index >= 15 is 0 Å². The van der Waals surface area contributed by atoms with Crippen molar-refractivity contribution in [1.82, 2.24) is 4.90 Å². The Hall–Kier alpha value is -3.09. The summed E-state index contributed by atoms with van der Waals surface area (Å²) in [6, 6.07) is 11.1. The molecule has 0 saturated carbocycles. The average Bonchev–Trinajstić information content (AvgIpc) is 2.72. The Morgan fingerprint density at radius 2 is 1.96 bits per heavy atom. The van der Waals surface area contributed by atoms with Crippen molar-refractivity contribution < 1.29 is 19.2 Å². The van der Waals surface area contributed by atoms with E-state index in [2.05, 4.69) is 6.92 Å². The summed E-state index contributed by atoms with van der Waals surface area (Å²) in [6.45, 7) is 4.50. The van der Waals surface area contributed by atoms with Gasteiger partial charge < -0.3 is 14.4 Å². The van der Waals surface area contributed by atoms with Crippen molar-refractivity contribution >= 4 is 11.6 Å². The van der Waals surface area contributed by atoms with Gasteiger partial charge in [-0.15, -0.1) is 0 Å². The highest BCUT2D eigenvalue weighted by molar-refractivity contribution is 5.95. The summed E-state index contributed by atoms with van der Waals surface area (Å²) in [4.78, 5) is 25.0. The second-order valence-electron chi connectivity index (χ2n) is 6.51. The van der Waals surface area contributed by atoms with Gasteiger partial charge in [0.2, 0.25) is 0 Å². The molecule has 150 valence electrons. The Balaban J connectivity index is 2.19. The van der Waals surface area contributed by atoms with Crippen molar-refractivity contribution in [3.05, 3.63) is 63.7 Å². The highest BCUT2D eigenvalue weighted by atomic mass is 16.6. The molecule has 28 heavy (non-hydrogen) atoms. The van der Waals surface area contributed by atoms with E-state index < -0.39 is 4.92 Å². The minimum Gasteiger partial charge on any atom is -0.493 e. The number of rotatable bonds is 9. The molecule has 0 radical (unpaired) electrons. The van der Waals surface area contributed by atoms with Crippen LogP contribution in [0, 0.1) is 10.1 Å². The molecule has 2 aromatic rings. The van der Waals surface area contributed by atoms with Crippen LogP contribution in [0.1, 0.15) is 48.7 Å². The van der Waals surface area contributed by atoms with Crippen LogP contribution in [0.3, 0.4) is 0 Å². The summed E-state index contributed by atoms with van der Waals surface area (Å²) in [6.07, 6.45) is 1.96. The molecule has 1 atom stereocenters. The summed E-state index contributed by atoms with van der Waals surface area (Å²) in [5.41, 5.74) is 1.15. The maximum absolute atomic E-state index is 12.9. The van der Waals surface area contributed by atoms with E-state index in [0.29, 0.717) is 29.2 Å². The number of amides is 1. The van der Waals surface area contributed by atoms with Crippen LogP contribution in [0.25, 0.3) is 0 Å². The molecule has 0 heterocycles. The summed E-state index contributed by atoms with van der Waals surface area (Å²) in [7, 11) is 3.20. The van der Waals surface area contributed by atoms with Crippen LogP contribution in [-0.4, -0.2) is 36.5 Å². The molecule has 0 aliphatic heterocycles. The molecule has 1 amide bonds. The summed E-state index contributed by atoms with van der Waals surface area (Å²) < 4.78 is 11.1. The first-order valence-electron chi connectivity index (χ1n) is 9.21. The molecule has 0 aromatic heterocycles. The second-order valence-corrected chi connectivity index (χ2v) is 6.51. The largest absolute Gasteiger partial charge is 0.493 e. The molecule has 0 N–H and O–H groups in total. The fraction of sp³-hybridized carbons (Fsp3) is 0.381. The SMILES string of the molecule is CCCCOc1ccc(C(=O)N(C)[C@@H](C)c2cccc([N+](=O)[O-])c2)cc1OC. The minimum absolute atomic E-state index is 0.000416. The first kappa shape index (κ1) is 21.2. The number of benzene rings is 2. The molecule has 0 aliphatic carbocycles. The fourth-order valence-corrected chi connectivity index (χ4v) is 2.75. The molecule has 0 aliphatic rings.